The molecule has 2 amide bonds. The molecule has 1 fully saturated rings. The van der Waals surface area contributed by atoms with E-state index in [4.69, 9.17) is 0 Å². The molecule has 2 aromatic rings. The van der Waals surface area contributed by atoms with Crippen LogP contribution in [0.3, 0.4) is 0 Å². The minimum atomic E-state index is -0.0972. The third-order valence-electron chi connectivity index (χ3n) is 5.57. The number of benzene rings is 1. The van der Waals surface area contributed by atoms with Gasteiger partial charge in [-0.25, -0.2) is 0 Å². The van der Waals surface area contributed by atoms with Crippen molar-refractivity contribution in [3.63, 3.8) is 0 Å². The molecule has 0 bridgehead atoms. The van der Waals surface area contributed by atoms with Crippen molar-refractivity contribution in [2.24, 2.45) is 5.92 Å². The maximum Gasteiger partial charge on any atom is 0.251 e. The van der Waals surface area contributed by atoms with Gasteiger partial charge in [-0.2, -0.15) is 5.10 Å². The van der Waals surface area contributed by atoms with Crippen LogP contribution in [-0.2, 0) is 24.4 Å². The van der Waals surface area contributed by atoms with Gasteiger partial charge in [-0.15, -0.1) is 0 Å². The normalized spacial score (nSPS) is 17.0. The monoisotopic (exact) mass is 366 g/mol. The number of rotatable bonds is 4. The lowest BCUT2D eigenvalue weighted by atomic mass is 9.84. The molecule has 4 rings (SSSR count). The van der Waals surface area contributed by atoms with E-state index in [0.29, 0.717) is 24.6 Å². The summed E-state index contributed by atoms with van der Waals surface area (Å²) in [7, 11) is 0. The van der Waals surface area contributed by atoms with Gasteiger partial charge in [0.1, 0.15) is 0 Å². The predicted molar refractivity (Wildman–Crippen MR) is 102 cm³/mol. The largest absolute Gasteiger partial charge is 0.346 e. The van der Waals surface area contributed by atoms with Gasteiger partial charge in [0, 0.05) is 24.6 Å². The van der Waals surface area contributed by atoms with Crippen LogP contribution in [0.5, 0.6) is 0 Å². The molecule has 6 heteroatoms. The Hall–Kier alpha value is -2.63. The Morgan fingerprint density at radius 1 is 1.15 bits per heavy atom. The third-order valence-corrected chi connectivity index (χ3v) is 5.57. The summed E-state index contributed by atoms with van der Waals surface area (Å²) in [6, 6.07) is 9.54. The van der Waals surface area contributed by atoms with E-state index in [1.165, 1.54) is 6.42 Å². The van der Waals surface area contributed by atoms with Crippen molar-refractivity contribution >= 4 is 11.8 Å². The van der Waals surface area contributed by atoms with E-state index in [1.54, 1.807) is 0 Å². The summed E-state index contributed by atoms with van der Waals surface area (Å²) < 4.78 is 1.99. The highest BCUT2D eigenvalue weighted by molar-refractivity contribution is 5.94. The van der Waals surface area contributed by atoms with Gasteiger partial charge < -0.3 is 10.2 Å². The Morgan fingerprint density at radius 3 is 2.63 bits per heavy atom. The highest BCUT2D eigenvalue weighted by Crippen LogP contribution is 2.29. The van der Waals surface area contributed by atoms with Crippen LogP contribution in [0.2, 0.25) is 0 Å². The molecule has 2 aliphatic rings. The minimum absolute atomic E-state index is 0.0972. The van der Waals surface area contributed by atoms with E-state index >= 15 is 0 Å². The molecule has 1 saturated carbocycles. The number of amides is 2. The van der Waals surface area contributed by atoms with Crippen molar-refractivity contribution in [1.29, 1.82) is 0 Å². The lowest BCUT2D eigenvalue weighted by Gasteiger charge is -2.30. The van der Waals surface area contributed by atoms with Crippen LogP contribution in [0, 0.1) is 12.8 Å². The van der Waals surface area contributed by atoms with Crippen molar-refractivity contribution in [3.8, 4) is 0 Å². The molecule has 27 heavy (non-hydrogen) atoms. The predicted octanol–water partition coefficient (Wildman–Crippen LogP) is 2.65. The van der Waals surface area contributed by atoms with E-state index in [1.807, 2.05) is 46.8 Å². The molecule has 6 nitrogen and oxygen atoms in total. The molecule has 142 valence electrons. The lowest BCUT2D eigenvalue weighted by Crippen LogP contribution is -2.38. The molecule has 0 spiro atoms. The first-order valence-electron chi connectivity index (χ1n) is 9.79. The zero-order valence-electron chi connectivity index (χ0n) is 15.8. The standard InChI is InChI=1S/C21H26N4O2/c1-15-6-8-16(9-7-15)20(26)22-13-18-12-19-14-24(10-3-11-25(19)23-18)21(27)17-4-2-5-17/h6-9,12,17H,2-5,10-11,13-14H2,1H3,(H,22,26). The topological polar surface area (TPSA) is 67.2 Å². The second-order valence-corrected chi connectivity index (χ2v) is 7.64. The molecule has 0 saturated heterocycles. The van der Waals surface area contributed by atoms with Gasteiger partial charge in [-0.05, 0) is 44.4 Å². The first-order valence-corrected chi connectivity index (χ1v) is 9.79. The second kappa shape index (κ2) is 7.55. The van der Waals surface area contributed by atoms with E-state index in [0.717, 1.165) is 49.3 Å². The van der Waals surface area contributed by atoms with Crippen LogP contribution in [0.1, 0.15) is 53.0 Å². The summed E-state index contributed by atoms with van der Waals surface area (Å²) in [6.07, 6.45) is 4.16. The number of carbonyl (C=O) groups is 2. The number of nitrogens with zero attached hydrogens (tertiary/aromatic N) is 3. The summed E-state index contributed by atoms with van der Waals surface area (Å²) in [5.41, 5.74) is 3.67. The first kappa shape index (κ1) is 17.8. The van der Waals surface area contributed by atoms with Gasteiger partial charge in [0.2, 0.25) is 5.91 Å². The smallest absolute Gasteiger partial charge is 0.251 e. The molecule has 1 aromatic heterocycles. The van der Waals surface area contributed by atoms with Crippen molar-refractivity contribution in [3.05, 3.63) is 52.8 Å². The number of carbonyl (C=O) groups excluding carboxylic acids is 2. The van der Waals surface area contributed by atoms with Gasteiger partial charge in [0.25, 0.3) is 5.91 Å². The second-order valence-electron chi connectivity index (χ2n) is 7.64. The average Bonchev–Trinajstić information content (AvgIpc) is 2.89. The van der Waals surface area contributed by atoms with Crippen molar-refractivity contribution in [1.82, 2.24) is 20.0 Å². The summed E-state index contributed by atoms with van der Waals surface area (Å²) >= 11 is 0. The summed E-state index contributed by atoms with van der Waals surface area (Å²) in [5.74, 6) is 0.429. The van der Waals surface area contributed by atoms with Crippen LogP contribution in [0.25, 0.3) is 0 Å². The summed E-state index contributed by atoms with van der Waals surface area (Å²) in [4.78, 5) is 26.9. The Morgan fingerprint density at radius 2 is 1.93 bits per heavy atom. The molecule has 0 radical (unpaired) electrons. The third kappa shape index (κ3) is 3.89. The molecule has 1 aromatic carbocycles. The fraction of sp³-hybridized carbons (Fsp3) is 0.476. The van der Waals surface area contributed by atoms with Gasteiger partial charge in [-0.3, -0.25) is 14.3 Å². The number of hydrogen-bond acceptors (Lipinski definition) is 3. The zero-order valence-corrected chi connectivity index (χ0v) is 15.8. The molecule has 2 heterocycles. The van der Waals surface area contributed by atoms with Gasteiger partial charge in [0.15, 0.2) is 0 Å². The van der Waals surface area contributed by atoms with Gasteiger partial charge in [0.05, 0.1) is 24.5 Å². The number of fused-ring (bicyclic) bond motifs is 1. The SMILES string of the molecule is Cc1ccc(C(=O)NCc2cc3n(n2)CCCN(C(=O)C2CCC2)C3)cc1. The van der Waals surface area contributed by atoms with E-state index < -0.39 is 0 Å². The summed E-state index contributed by atoms with van der Waals surface area (Å²) in [6.45, 7) is 4.63. The number of nitrogens with one attached hydrogen (secondary N) is 1. The molecule has 1 N–H and O–H groups in total. The molecule has 1 aliphatic carbocycles. The van der Waals surface area contributed by atoms with E-state index in [-0.39, 0.29) is 11.8 Å². The molecular weight excluding hydrogens is 340 g/mol. The average molecular weight is 366 g/mol. The van der Waals surface area contributed by atoms with E-state index in [2.05, 4.69) is 10.4 Å². The lowest BCUT2D eigenvalue weighted by molar-refractivity contribution is -0.138. The van der Waals surface area contributed by atoms with Crippen molar-refractivity contribution in [2.45, 2.75) is 52.2 Å². The van der Waals surface area contributed by atoms with Crippen LogP contribution in [0.15, 0.2) is 30.3 Å². The van der Waals surface area contributed by atoms with Gasteiger partial charge >= 0.3 is 0 Å². The molecule has 0 atom stereocenters. The quantitative estimate of drug-likeness (QED) is 0.905. The van der Waals surface area contributed by atoms with Crippen molar-refractivity contribution in [2.75, 3.05) is 6.54 Å². The highest BCUT2D eigenvalue weighted by Gasteiger charge is 2.30. The number of hydrogen-bond donors (Lipinski definition) is 1. The molecule has 1 aliphatic heterocycles. The molecule has 0 unspecified atom stereocenters. The fourth-order valence-electron chi connectivity index (χ4n) is 3.69. The van der Waals surface area contributed by atoms with E-state index in [9.17, 15) is 9.59 Å². The van der Waals surface area contributed by atoms with Gasteiger partial charge in [-0.1, -0.05) is 24.1 Å². The number of aromatic nitrogens is 2. The van der Waals surface area contributed by atoms with Crippen molar-refractivity contribution < 1.29 is 9.59 Å². The minimum Gasteiger partial charge on any atom is -0.346 e. The van der Waals surface area contributed by atoms with Crippen LogP contribution < -0.4 is 5.32 Å². The van der Waals surface area contributed by atoms with Crippen LogP contribution in [-0.4, -0.2) is 33.0 Å². The molecular formula is C21H26N4O2. The Kier molecular flexibility index (Phi) is 4.97. The maximum absolute atomic E-state index is 12.6. The first-order chi connectivity index (χ1) is 13.1. The summed E-state index contributed by atoms with van der Waals surface area (Å²) in [5, 5.41) is 7.56. The maximum atomic E-state index is 12.6. The Balaban J connectivity index is 1.39. The Labute approximate surface area is 159 Å². The zero-order chi connectivity index (χ0) is 18.8. The highest BCUT2D eigenvalue weighted by atomic mass is 16.2. The fourth-order valence-corrected chi connectivity index (χ4v) is 3.69. The number of aryl methyl sites for hydroxylation is 2. The van der Waals surface area contributed by atoms with Crippen LogP contribution in [0.4, 0.5) is 0 Å². The Bertz CT molecular complexity index is 836. The van der Waals surface area contributed by atoms with Crippen LogP contribution >= 0.6 is 0 Å².